The average molecular weight is 638 g/mol. The number of hydrogen-bond acceptors (Lipinski definition) is 5. The molecule has 3 aromatic carbocycles. The van der Waals surface area contributed by atoms with Crippen LogP contribution in [0.4, 0.5) is 10.2 Å². The highest BCUT2D eigenvalue weighted by molar-refractivity contribution is 8.00. The van der Waals surface area contributed by atoms with Gasteiger partial charge in [0.25, 0.3) is 0 Å². The largest absolute Gasteiger partial charge is 0.350 e. The molecule has 1 aliphatic heterocycles. The van der Waals surface area contributed by atoms with Crippen LogP contribution in [0.1, 0.15) is 21.9 Å². The van der Waals surface area contributed by atoms with Gasteiger partial charge in [-0.05, 0) is 59.0 Å². The van der Waals surface area contributed by atoms with Gasteiger partial charge in [0.1, 0.15) is 23.9 Å². The molecule has 42 heavy (non-hydrogen) atoms. The highest BCUT2D eigenvalue weighted by Crippen LogP contribution is 2.49. The van der Waals surface area contributed by atoms with Crippen molar-refractivity contribution in [2.45, 2.75) is 11.8 Å². The molecule has 2 aromatic heterocycles. The lowest BCUT2D eigenvalue weighted by molar-refractivity contribution is -0.123. The fraction of sp³-hybridized carbons (Fsp3) is 0.129. The minimum absolute atomic E-state index is 0.128. The van der Waals surface area contributed by atoms with Gasteiger partial charge in [-0.1, -0.05) is 65.7 Å². The Morgan fingerprint density at radius 1 is 1.02 bits per heavy atom. The molecule has 3 heterocycles. The van der Waals surface area contributed by atoms with Crippen LogP contribution < -0.4 is 10.2 Å². The second-order valence-corrected chi connectivity index (χ2v) is 12.4. The average Bonchev–Trinajstić information content (AvgIpc) is 3.62. The van der Waals surface area contributed by atoms with Crippen molar-refractivity contribution in [3.63, 3.8) is 0 Å². The number of carbonyl (C=O) groups is 2. The fourth-order valence-corrected chi connectivity index (χ4v) is 7.17. The molecule has 0 spiro atoms. The first-order valence-corrected chi connectivity index (χ1v) is 15.7. The maximum atomic E-state index is 13.8. The van der Waals surface area contributed by atoms with Crippen molar-refractivity contribution in [2.75, 3.05) is 17.2 Å². The van der Waals surface area contributed by atoms with E-state index in [1.54, 1.807) is 22.9 Å². The van der Waals surface area contributed by atoms with Crippen molar-refractivity contribution < 1.29 is 14.0 Å². The minimum Gasteiger partial charge on any atom is -0.350 e. The normalized spacial score (nSPS) is 14.9. The molecular formula is C31H23Cl2FN4O2S2. The zero-order chi connectivity index (χ0) is 29.2. The van der Waals surface area contributed by atoms with Crippen LogP contribution >= 0.6 is 46.3 Å². The van der Waals surface area contributed by atoms with Gasteiger partial charge in [0.05, 0.1) is 26.6 Å². The Balaban J connectivity index is 1.49. The Bertz CT molecular complexity index is 1760. The zero-order valence-corrected chi connectivity index (χ0v) is 25.1. The van der Waals surface area contributed by atoms with Crippen LogP contribution in [0, 0.1) is 5.82 Å². The highest BCUT2D eigenvalue weighted by Gasteiger charge is 2.38. The second-order valence-electron chi connectivity index (χ2n) is 9.56. The molecule has 0 saturated carbocycles. The third-order valence-corrected chi connectivity index (χ3v) is 9.47. The van der Waals surface area contributed by atoms with Crippen LogP contribution in [0.2, 0.25) is 10.0 Å². The Morgan fingerprint density at radius 3 is 2.57 bits per heavy atom. The summed E-state index contributed by atoms with van der Waals surface area (Å²) in [7, 11) is 0. The molecule has 1 unspecified atom stereocenters. The van der Waals surface area contributed by atoms with E-state index in [2.05, 4.69) is 5.32 Å². The number of halogens is 3. The zero-order valence-electron chi connectivity index (χ0n) is 22.0. The van der Waals surface area contributed by atoms with Crippen LogP contribution in [-0.4, -0.2) is 33.9 Å². The number of nitrogens with one attached hydrogen (secondary N) is 1. The predicted molar refractivity (Wildman–Crippen MR) is 168 cm³/mol. The number of thioether (sulfide) groups is 1. The standard InChI is InChI=1S/C31H23Cl2FN4O2S2/c32-21-6-3-5-20(15-21)30-28-29(25-9-4-14-41-25)36-38(24-8-2-1-7-23(24)33)31(28)37(27(40)18-42-30)17-26(39)35-16-19-10-12-22(34)13-11-19/h1-15,30H,16-18H2,(H,35,39). The van der Waals surface area contributed by atoms with Gasteiger partial charge in [0.2, 0.25) is 11.8 Å². The molecule has 6 nitrogen and oxygen atoms in total. The SMILES string of the molecule is O=C(CN1C(=O)CSC(c2cccc(Cl)c2)c2c(-c3cccs3)nn(-c3ccccc3Cl)c21)NCc1ccc(F)cc1. The van der Waals surface area contributed by atoms with Gasteiger partial charge in [-0.15, -0.1) is 23.1 Å². The number of rotatable bonds is 7. The molecule has 1 N–H and O–H groups in total. The molecule has 5 aromatic rings. The Hall–Kier alpha value is -3.63. The minimum atomic E-state index is -0.366. The van der Waals surface area contributed by atoms with E-state index in [1.165, 1.54) is 40.1 Å². The number of hydrogen-bond donors (Lipinski definition) is 1. The van der Waals surface area contributed by atoms with E-state index in [0.717, 1.165) is 21.6 Å². The highest BCUT2D eigenvalue weighted by atomic mass is 35.5. The van der Waals surface area contributed by atoms with Crippen LogP contribution in [0.25, 0.3) is 16.3 Å². The van der Waals surface area contributed by atoms with Crippen molar-refractivity contribution in [3.8, 4) is 16.3 Å². The summed E-state index contributed by atoms with van der Waals surface area (Å²) in [4.78, 5) is 29.5. The molecule has 2 amide bonds. The lowest BCUT2D eigenvalue weighted by Gasteiger charge is -2.23. The van der Waals surface area contributed by atoms with Gasteiger partial charge in [0.15, 0.2) is 0 Å². The van der Waals surface area contributed by atoms with Gasteiger partial charge in [0, 0.05) is 17.1 Å². The van der Waals surface area contributed by atoms with E-state index in [-0.39, 0.29) is 41.7 Å². The van der Waals surface area contributed by atoms with Crippen molar-refractivity contribution in [1.82, 2.24) is 15.1 Å². The first kappa shape index (κ1) is 28.5. The topological polar surface area (TPSA) is 67.2 Å². The smallest absolute Gasteiger partial charge is 0.240 e. The summed E-state index contributed by atoms with van der Waals surface area (Å²) >= 11 is 16.1. The quantitative estimate of drug-likeness (QED) is 0.200. The van der Waals surface area contributed by atoms with Crippen LogP contribution in [0.15, 0.2) is 90.3 Å². The third kappa shape index (κ3) is 5.83. The number of nitrogens with zero attached hydrogens (tertiary/aromatic N) is 3. The molecule has 11 heteroatoms. The number of thiophene rings is 1. The Morgan fingerprint density at radius 2 is 1.83 bits per heavy atom. The van der Waals surface area contributed by atoms with Crippen LogP contribution in [-0.2, 0) is 16.1 Å². The summed E-state index contributed by atoms with van der Waals surface area (Å²) in [5.74, 6) is -0.357. The molecular weight excluding hydrogens is 614 g/mol. The molecule has 6 rings (SSSR count). The van der Waals surface area contributed by atoms with Crippen molar-refractivity contribution in [3.05, 3.63) is 123 Å². The number of anilines is 1. The first-order chi connectivity index (χ1) is 20.4. The molecule has 1 aliphatic rings. The first-order valence-electron chi connectivity index (χ1n) is 13.0. The van der Waals surface area contributed by atoms with E-state index in [9.17, 15) is 14.0 Å². The van der Waals surface area contributed by atoms with Gasteiger partial charge < -0.3 is 5.32 Å². The second kappa shape index (κ2) is 12.3. The Kier molecular flexibility index (Phi) is 8.35. The summed E-state index contributed by atoms with van der Waals surface area (Å²) in [6.45, 7) is -0.0476. The van der Waals surface area contributed by atoms with Crippen molar-refractivity contribution >= 4 is 63.9 Å². The van der Waals surface area contributed by atoms with Crippen molar-refractivity contribution in [2.24, 2.45) is 0 Å². The van der Waals surface area contributed by atoms with E-state index in [0.29, 0.717) is 27.2 Å². The van der Waals surface area contributed by atoms with Crippen LogP contribution in [0.5, 0.6) is 0 Å². The van der Waals surface area contributed by atoms with E-state index >= 15 is 0 Å². The summed E-state index contributed by atoms with van der Waals surface area (Å²) in [5.41, 5.74) is 3.73. The maximum Gasteiger partial charge on any atom is 0.240 e. The monoisotopic (exact) mass is 636 g/mol. The van der Waals surface area contributed by atoms with Gasteiger partial charge >= 0.3 is 0 Å². The fourth-order valence-electron chi connectivity index (χ4n) is 4.84. The summed E-state index contributed by atoms with van der Waals surface area (Å²) in [5, 5.41) is 10.6. The lowest BCUT2D eigenvalue weighted by Crippen LogP contribution is -2.42. The number of carbonyl (C=O) groups excluding carboxylic acids is 2. The molecule has 0 radical (unpaired) electrons. The molecule has 1 atom stereocenters. The molecule has 212 valence electrons. The van der Waals surface area contributed by atoms with Crippen LogP contribution in [0.3, 0.4) is 0 Å². The van der Waals surface area contributed by atoms with Crippen molar-refractivity contribution in [1.29, 1.82) is 0 Å². The maximum absolute atomic E-state index is 13.8. The summed E-state index contributed by atoms with van der Waals surface area (Å²) in [6.07, 6.45) is 0. The van der Waals surface area contributed by atoms with Gasteiger partial charge in [-0.25, -0.2) is 9.07 Å². The molecule has 0 fully saturated rings. The number of benzene rings is 3. The number of amides is 2. The van der Waals surface area contributed by atoms with E-state index < -0.39 is 0 Å². The molecule has 0 bridgehead atoms. The third-order valence-electron chi connectivity index (χ3n) is 6.78. The Labute approximate surface area is 260 Å². The number of para-hydroxylation sites is 1. The number of aromatic nitrogens is 2. The predicted octanol–water partition coefficient (Wildman–Crippen LogP) is 7.53. The van der Waals surface area contributed by atoms with E-state index in [4.69, 9.17) is 28.3 Å². The number of fused-ring (bicyclic) bond motifs is 1. The summed E-state index contributed by atoms with van der Waals surface area (Å²) < 4.78 is 15.0. The van der Waals surface area contributed by atoms with E-state index in [1.807, 2.05) is 60.0 Å². The van der Waals surface area contributed by atoms with Gasteiger partial charge in [-0.2, -0.15) is 5.10 Å². The molecule has 0 aliphatic carbocycles. The molecule has 0 saturated heterocycles. The van der Waals surface area contributed by atoms with Gasteiger partial charge in [-0.3, -0.25) is 14.5 Å². The summed E-state index contributed by atoms with van der Waals surface area (Å²) in [6, 6.07) is 24.7. The lowest BCUT2D eigenvalue weighted by atomic mass is 10.0.